The van der Waals surface area contributed by atoms with Gasteiger partial charge in [0.1, 0.15) is 0 Å². The van der Waals surface area contributed by atoms with Crippen molar-refractivity contribution in [3.8, 4) is 0 Å². The normalized spacial score (nSPS) is 13.4. The van der Waals surface area contributed by atoms with Crippen molar-refractivity contribution in [2.45, 2.75) is 5.75 Å². The fourth-order valence-corrected chi connectivity index (χ4v) is 1.76. The maximum Gasteiger partial charge on any atom is 0.157 e. The minimum Gasteiger partial charge on any atom is -0.306 e. The zero-order valence-corrected chi connectivity index (χ0v) is 6.24. The zero-order chi connectivity index (χ0) is 6.69. The lowest BCUT2D eigenvalue weighted by molar-refractivity contribution is 0.563. The Labute approximate surface area is 59.8 Å². The summed E-state index contributed by atoms with van der Waals surface area (Å²) in [4.78, 5) is 0. The summed E-state index contributed by atoms with van der Waals surface area (Å²) < 4.78 is 18.6. The summed E-state index contributed by atoms with van der Waals surface area (Å²) in [6.45, 7) is 0. The van der Waals surface area contributed by atoms with Gasteiger partial charge in [-0.25, -0.2) is 4.21 Å². The fraction of sp³-hybridized carbons (Fsp3) is 0.200. The Balaban J connectivity index is 2.58. The lowest BCUT2D eigenvalue weighted by Crippen LogP contribution is -1.89. The minimum atomic E-state index is -1.69. The van der Waals surface area contributed by atoms with Crippen molar-refractivity contribution in [1.82, 2.24) is 0 Å². The van der Waals surface area contributed by atoms with Crippen LogP contribution in [0, 0.1) is 0 Å². The molecule has 0 saturated heterocycles. The highest BCUT2D eigenvalue weighted by Crippen LogP contribution is 2.06. The second-order valence-electron chi connectivity index (χ2n) is 1.60. The predicted molar refractivity (Wildman–Crippen MR) is 38.8 cm³/mol. The lowest BCUT2D eigenvalue weighted by Gasteiger charge is -1.86. The van der Waals surface area contributed by atoms with Crippen LogP contribution in [-0.4, -0.2) is 8.76 Å². The summed E-state index contributed by atoms with van der Waals surface area (Å²) in [5.41, 5.74) is 0.931. The van der Waals surface area contributed by atoms with E-state index in [1.54, 1.807) is 0 Å². The molecule has 0 bridgehead atoms. The van der Waals surface area contributed by atoms with Crippen molar-refractivity contribution in [2.24, 2.45) is 0 Å². The third kappa shape index (κ3) is 2.26. The van der Waals surface area contributed by atoms with E-state index in [-0.39, 0.29) is 5.75 Å². The second kappa shape index (κ2) is 3.10. The topological polar surface area (TPSA) is 37.3 Å². The average Bonchev–Trinajstić information content (AvgIpc) is 2.15. The molecule has 9 heavy (non-hydrogen) atoms. The van der Waals surface area contributed by atoms with Crippen LogP contribution in [0.1, 0.15) is 5.56 Å². The summed E-state index contributed by atoms with van der Waals surface area (Å²) >= 11 is -0.152. The Bertz CT molecular complexity index is 193. The molecule has 1 atom stereocenters. The van der Waals surface area contributed by atoms with Crippen molar-refractivity contribution in [3.05, 3.63) is 22.4 Å². The van der Waals surface area contributed by atoms with Gasteiger partial charge >= 0.3 is 0 Å². The van der Waals surface area contributed by atoms with Crippen molar-refractivity contribution >= 4 is 22.4 Å². The van der Waals surface area contributed by atoms with Crippen LogP contribution < -0.4 is 0 Å². The van der Waals surface area contributed by atoms with Crippen molar-refractivity contribution in [1.29, 1.82) is 0 Å². The van der Waals surface area contributed by atoms with Gasteiger partial charge in [-0.05, 0) is 22.4 Å². The van der Waals surface area contributed by atoms with Crippen LogP contribution in [0.3, 0.4) is 0 Å². The van der Waals surface area contributed by atoms with Gasteiger partial charge in [0.05, 0.1) is 5.75 Å². The highest BCUT2D eigenvalue weighted by atomic mass is 32.2. The molecule has 0 aromatic carbocycles. The largest absolute Gasteiger partial charge is 0.306 e. The molecule has 1 heterocycles. The summed E-state index contributed by atoms with van der Waals surface area (Å²) in [7, 11) is 0. The highest BCUT2D eigenvalue weighted by molar-refractivity contribution is 7.78. The van der Waals surface area contributed by atoms with E-state index >= 15 is 0 Å². The Morgan fingerprint density at radius 1 is 1.78 bits per heavy atom. The smallest absolute Gasteiger partial charge is 0.157 e. The Morgan fingerprint density at radius 2 is 2.56 bits per heavy atom. The van der Waals surface area contributed by atoms with Gasteiger partial charge in [-0.1, -0.05) is 0 Å². The van der Waals surface area contributed by atoms with Gasteiger partial charge in [0.2, 0.25) is 0 Å². The van der Waals surface area contributed by atoms with Gasteiger partial charge in [0.25, 0.3) is 0 Å². The van der Waals surface area contributed by atoms with Crippen molar-refractivity contribution < 1.29 is 8.76 Å². The molecule has 2 nitrogen and oxygen atoms in total. The maximum absolute atomic E-state index is 10.2. The first kappa shape index (κ1) is 6.92. The number of hydrogen-bond donors (Lipinski definition) is 1. The van der Waals surface area contributed by atoms with Gasteiger partial charge in [-0.3, -0.25) is 0 Å². The van der Waals surface area contributed by atoms with E-state index in [9.17, 15) is 4.21 Å². The van der Waals surface area contributed by atoms with Crippen LogP contribution in [-0.2, 0) is 16.8 Å². The molecule has 0 aliphatic carbocycles. The van der Waals surface area contributed by atoms with Crippen molar-refractivity contribution in [2.75, 3.05) is 0 Å². The van der Waals surface area contributed by atoms with E-state index in [1.165, 1.54) is 11.3 Å². The second-order valence-corrected chi connectivity index (χ2v) is 3.31. The van der Waals surface area contributed by atoms with Crippen LogP contribution in [0.4, 0.5) is 0 Å². The van der Waals surface area contributed by atoms with E-state index in [1.807, 2.05) is 16.8 Å². The summed E-state index contributed by atoms with van der Waals surface area (Å²) in [5, 5.41) is 3.76. The van der Waals surface area contributed by atoms with Gasteiger partial charge in [0, 0.05) is 0 Å². The van der Waals surface area contributed by atoms with Gasteiger partial charge < -0.3 is 4.55 Å². The molecule has 0 saturated carbocycles. The summed E-state index contributed by atoms with van der Waals surface area (Å²) in [6.07, 6.45) is 0. The first-order valence-electron chi connectivity index (χ1n) is 2.37. The molecular formula is C5H6O2S2. The van der Waals surface area contributed by atoms with E-state index in [4.69, 9.17) is 4.55 Å². The maximum atomic E-state index is 10.2. The fourth-order valence-electron chi connectivity index (χ4n) is 0.517. The van der Waals surface area contributed by atoms with E-state index in [0.29, 0.717) is 0 Å². The standard InChI is InChI=1S/C5H6O2S2/c6-9(7)4-5-1-2-8-3-5/h1-3H,4H2,(H,6,7). The van der Waals surface area contributed by atoms with Gasteiger partial charge in [-0.15, -0.1) is 0 Å². The zero-order valence-electron chi connectivity index (χ0n) is 4.61. The van der Waals surface area contributed by atoms with Crippen LogP contribution in [0.15, 0.2) is 16.8 Å². The van der Waals surface area contributed by atoms with E-state index < -0.39 is 11.1 Å². The molecular weight excluding hydrogens is 156 g/mol. The van der Waals surface area contributed by atoms with Crippen LogP contribution in [0.25, 0.3) is 0 Å². The monoisotopic (exact) mass is 162 g/mol. The third-order valence-corrected chi connectivity index (χ3v) is 2.18. The van der Waals surface area contributed by atoms with Crippen molar-refractivity contribution in [3.63, 3.8) is 0 Å². The van der Waals surface area contributed by atoms with Gasteiger partial charge in [-0.2, -0.15) is 11.3 Å². The molecule has 1 rings (SSSR count). The lowest BCUT2D eigenvalue weighted by atomic mass is 10.4. The Morgan fingerprint density at radius 3 is 3.00 bits per heavy atom. The Hall–Kier alpha value is -0.190. The molecule has 1 unspecified atom stereocenters. The van der Waals surface area contributed by atoms with E-state index in [2.05, 4.69) is 0 Å². The molecule has 1 N–H and O–H groups in total. The molecule has 0 amide bonds. The molecule has 50 valence electrons. The summed E-state index contributed by atoms with van der Waals surface area (Å²) in [6, 6.07) is 1.85. The molecule has 0 fully saturated rings. The van der Waals surface area contributed by atoms with E-state index in [0.717, 1.165) is 5.56 Å². The molecule has 4 heteroatoms. The highest BCUT2D eigenvalue weighted by Gasteiger charge is 1.95. The first-order valence-corrected chi connectivity index (χ1v) is 4.59. The number of hydrogen-bond acceptors (Lipinski definition) is 2. The molecule has 0 aliphatic rings. The molecule has 0 spiro atoms. The molecule has 0 aliphatic heterocycles. The average molecular weight is 162 g/mol. The number of thiophene rings is 1. The quantitative estimate of drug-likeness (QED) is 0.669. The van der Waals surface area contributed by atoms with Crippen LogP contribution in [0.5, 0.6) is 0 Å². The molecule has 0 radical (unpaired) electrons. The summed E-state index contributed by atoms with van der Waals surface area (Å²) in [5.74, 6) is 0.253. The Kier molecular flexibility index (Phi) is 2.38. The van der Waals surface area contributed by atoms with Gasteiger partial charge in [0.15, 0.2) is 11.1 Å². The van der Waals surface area contributed by atoms with Crippen LogP contribution in [0.2, 0.25) is 0 Å². The van der Waals surface area contributed by atoms with Crippen LogP contribution >= 0.6 is 11.3 Å². The predicted octanol–water partition coefficient (Wildman–Crippen LogP) is 1.47. The third-order valence-electron chi connectivity index (χ3n) is 0.870. The minimum absolute atomic E-state index is 0.253. The number of rotatable bonds is 2. The molecule has 1 aromatic rings. The SMILES string of the molecule is O=S(O)Cc1ccsc1. The molecule has 1 aromatic heterocycles. The first-order chi connectivity index (χ1) is 4.29.